The Kier molecular flexibility index (Phi) is 7.20. The van der Waals surface area contributed by atoms with Gasteiger partial charge in [0, 0.05) is 22.6 Å². The molecule has 0 saturated carbocycles. The van der Waals surface area contributed by atoms with Crippen LogP contribution < -0.4 is 16.8 Å². The van der Waals surface area contributed by atoms with E-state index in [9.17, 15) is 9.59 Å². The van der Waals surface area contributed by atoms with Gasteiger partial charge in [0.1, 0.15) is 18.0 Å². The van der Waals surface area contributed by atoms with Crippen molar-refractivity contribution in [3.8, 4) is 0 Å². The molecule has 0 fully saturated rings. The number of esters is 1. The molecule has 1 aliphatic rings. The van der Waals surface area contributed by atoms with E-state index in [0.717, 1.165) is 0 Å². The maximum atomic E-state index is 12.8. The van der Waals surface area contributed by atoms with Gasteiger partial charge in [-0.1, -0.05) is 6.07 Å². The van der Waals surface area contributed by atoms with Crippen LogP contribution in [0.1, 0.15) is 41.5 Å². The first kappa shape index (κ1) is 24.0. The first-order chi connectivity index (χ1) is 14.3. The highest BCUT2D eigenvalue weighted by atomic mass is 16.6. The number of benzene rings is 1. The number of amides is 1. The number of aliphatic imine (C=N–C) groups is 1. The fraction of sp³-hybridized carbons (Fsp3) is 0.500. The number of nitrogens with zero attached hydrogens (tertiary/aromatic N) is 2. The Morgan fingerprint density at radius 3 is 2.52 bits per heavy atom. The molecule has 0 bridgehead atoms. The second-order valence-electron chi connectivity index (χ2n) is 8.74. The van der Waals surface area contributed by atoms with Crippen LogP contribution in [0, 0.1) is 0 Å². The molecular weight excluding hydrogens is 398 g/mol. The van der Waals surface area contributed by atoms with Crippen molar-refractivity contribution in [3.63, 3.8) is 0 Å². The molecule has 0 atom stereocenters. The second kappa shape index (κ2) is 9.28. The molecule has 1 aromatic carbocycles. The lowest BCUT2D eigenvalue weighted by Crippen LogP contribution is -2.48. The fourth-order valence-corrected chi connectivity index (χ4v) is 3.08. The summed E-state index contributed by atoms with van der Waals surface area (Å²) in [4.78, 5) is 30.7. The van der Waals surface area contributed by atoms with Crippen LogP contribution in [0.5, 0.6) is 0 Å². The van der Waals surface area contributed by atoms with Crippen LogP contribution >= 0.6 is 0 Å². The van der Waals surface area contributed by atoms with Gasteiger partial charge in [0.15, 0.2) is 0 Å². The van der Waals surface area contributed by atoms with Gasteiger partial charge in [0.25, 0.3) is 0 Å². The van der Waals surface area contributed by atoms with Gasteiger partial charge >= 0.3 is 12.1 Å². The average Bonchev–Trinajstić information content (AvgIpc) is 2.87. The van der Waals surface area contributed by atoms with E-state index in [0.29, 0.717) is 28.5 Å². The van der Waals surface area contributed by atoms with Crippen molar-refractivity contribution in [2.24, 2.45) is 10.7 Å². The minimum Gasteiger partial charge on any atom is -0.465 e. The van der Waals surface area contributed by atoms with Crippen LogP contribution in [0.2, 0.25) is 0 Å². The summed E-state index contributed by atoms with van der Waals surface area (Å²) in [5.74, 6) is -0.0925. The average molecular weight is 432 g/mol. The monoisotopic (exact) mass is 431 g/mol. The molecule has 0 radical (unpaired) electrons. The topological polar surface area (TPSA) is 132 Å². The van der Waals surface area contributed by atoms with Crippen LogP contribution in [0.4, 0.5) is 16.2 Å². The predicted molar refractivity (Wildman–Crippen MR) is 122 cm³/mol. The number of hydrogen-bond acceptors (Lipinski definition) is 7. The van der Waals surface area contributed by atoms with Crippen molar-refractivity contribution >= 4 is 29.3 Å². The Bertz CT molecular complexity index is 899. The molecule has 0 aliphatic carbocycles. The number of hydrogen-bond donors (Lipinski definition) is 3. The molecule has 2 rings (SSSR count). The highest BCUT2D eigenvalue weighted by Crippen LogP contribution is 2.33. The highest BCUT2D eigenvalue weighted by molar-refractivity contribution is 6.10. The molecule has 170 valence electrons. The van der Waals surface area contributed by atoms with Crippen molar-refractivity contribution in [1.82, 2.24) is 4.90 Å². The zero-order chi connectivity index (χ0) is 23.4. The van der Waals surface area contributed by atoms with E-state index < -0.39 is 23.2 Å². The fourth-order valence-electron chi connectivity index (χ4n) is 3.08. The minimum absolute atomic E-state index is 0.171. The lowest BCUT2D eigenvalue weighted by Gasteiger charge is -2.34. The minimum atomic E-state index is -0.806. The molecule has 9 nitrogen and oxygen atoms in total. The molecule has 31 heavy (non-hydrogen) atoms. The molecule has 1 heterocycles. The standard InChI is InChI=1S/C22H33N5O4/c1-7-30-17(28)12-25-19(26-15-10-8-9-14(23)11-15)16-13-27(22(5,6)18(16)24)20(29)31-21(2,3)4/h8-11H,7,12-13,23-24H2,1-6H3,(H,25,26). The van der Waals surface area contributed by atoms with E-state index in [-0.39, 0.29) is 19.7 Å². The van der Waals surface area contributed by atoms with Gasteiger partial charge in [-0.05, 0) is 59.7 Å². The van der Waals surface area contributed by atoms with Gasteiger partial charge in [-0.2, -0.15) is 0 Å². The summed E-state index contributed by atoms with van der Waals surface area (Å²) in [5.41, 5.74) is 13.2. The van der Waals surface area contributed by atoms with Crippen LogP contribution in [0.15, 0.2) is 40.5 Å². The van der Waals surface area contributed by atoms with Crippen LogP contribution in [0.25, 0.3) is 0 Å². The van der Waals surface area contributed by atoms with Gasteiger partial charge in [-0.3, -0.25) is 14.7 Å². The Morgan fingerprint density at radius 1 is 1.26 bits per heavy atom. The summed E-state index contributed by atoms with van der Waals surface area (Å²) in [7, 11) is 0. The Labute approximate surface area is 183 Å². The Hall–Kier alpha value is -3.23. The highest BCUT2D eigenvalue weighted by Gasteiger charge is 2.44. The molecule has 9 heteroatoms. The summed E-state index contributed by atoms with van der Waals surface area (Å²) in [6.45, 7) is 11.1. The zero-order valence-electron chi connectivity index (χ0n) is 19.1. The van der Waals surface area contributed by atoms with Crippen LogP contribution in [0.3, 0.4) is 0 Å². The summed E-state index contributed by atoms with van der Waals surface area (Å²) in [5, 5.41) is 3.18. The molecule has 0 aromatic heterocycles. The number of rotatable bonds is 5. The lowest BCUT2D eigenvalue weighted by molar-refractivity contribution is -0.141. The number of nitrogen functional groups attached to an aromatic ring is 1. The number of carbonyl (C=O) groups is 2. The van der Waals surface area contributed by atoms with Crippen molar-refractivity contribution in [2.45, 2.75) is 52.7 Å². The maximum absolute atomic E-state index is 12.8. The number of nitrogens with two attached hydrogens (primary N) is 2. The summed E-state index contributed by atoms with van der Waals surface area (Å²) >= 11 is 0. The van der Waals surface area contributed by atoms with Crippen LogP contribution in [-0.2, 0) is 14.3 Å². The third-order valence-corrected chi connectivity index (χ3v) is 4.70. The number of nitrogens with one attached hydrogen (secondary N) is 1. The number of anilines is 2. The van der Waals surface area contributed by atoms with Crippen LogP contribution in [-0.4, -0.2) is 53.6 Å². The van der Waals surface area contributed by atoms with E-state index in [1.54, 1.807) is 50.8 Å². The molecule has 1 aromatic rings. The van der Waals surface area contributed by atoms with E-state index in [1.165, 1.54) is 0 Å². The molecule has 1 aliphatic heterocycles. The van der Waals surface area contributed by atoms with Crippen molar-refractivity contribution < 1.29 is 19.1 Å². The van der Waals surface area contributed by atoms with Crippen molar-refractivity contribution in [2.75, 3.05) is 30.7 Å². The van der Waals surface area contributed by atoms with Gasteiger partial charge in [-0.15, -0.1) is 0 Å². The largest absolute Gasteiger partial charge is 0.465 e. The third kappa shape index (κ3) is 6.13. The first-order valence-electron chi connectivity index (χ1n) is 10.2. The van der Waals surface area contributed by atoms with E-state index in [4.69, 9.17) is 20.9 Å². The SMILES string of the molecule is CCOC(=O)C/N=C(/Nc1cccc(N)c1)C1=C(N)C(C)(C)N(C(=O)OC(C)(C)C)C1. The molecule has 0 unspecified atom stereocenters. The zero-order valence-corrected chi connectivity index (χ0v) is 19.1. The van der Waals surface area contributed by atoms with Gasteiger partial charge in [-0.25, -0.2) is 4.79 Å². The number of amidine groups is 1. The predicted octanol–water partition coefficient (Wildman–Crippen LogP) is 2.88. The molecular formula is C22H33N5O4. The molecule has 5 N–H and O–H groups in total. The first-order valence-corrected chi connectivity index (χ1v) is 10.2. The van der Waals surface area contributed by atoms with Gasteiger partial charge in [0.2, 0.25) is 0 Å². The number of ether oxygens (including phenoxy) is 2. The van der Waals surface area contributed by atoms with E-state index >= 15 is 0 Å². The quantitative estimate of drug-likeness (QED) is 0.283. The van der Waals surface area contributed by atoms with E-state index in [1.807, 2.05) is 19.9 Å². The van der Waals surface area contributed by atoms with E-state index in [2.05, 4.69) is 10.3 Å². The molecule has 0 saturated heterocycles. The van der Waals surface area contributed by atoms with Gasteiger partial charge < -0.3 is 26.3 Å². The van der Waals surface area contributed by atoms with Gasteiger partial charge in [0.05, 0.1) is 18.7 Å². The van der Waals surface area contributed by atoms with Crippen molar-refractivity contribution in [1.29, 1.82) is 0 Å². The Morgan fingerprint density at radius 2 is 1.94 bits per heavy atom. The molecule has 0 spiro atoms. The van der Waals surface area contributed by atoms with Crippen molar-refractivity contribution in [3.05, 3.63) is 35.5 Å². The summed E-state index contributed by atoms with van der Waals surface area (Å²) < 4.78 is 10.5. The normalized spacial score (nSPS) is 16.3. The Balaban J connectivity index is 2.39. The summed E-state index contributed by atoms with van der Waals surface area (Å²) in [6, 6.07) is 7.11. The summed E-state index contributed by atoms with van der Waals surface area (Å²) in [6.07, 6.45) is -0.482. The third-order valence-electron chi connectivity index (χ3n) is 4.70. The lowest BCUT2D eigenvalue weighted by atomic mass is 10.0. The maximum Gasteiger partial charge on any atom is 0.411 e. The molecule has 1 amide bonds. The second-order valence-corrected chi connectivity index (χ2v) is 8.74. The number of carbonyl (C=O) groups excluding carboxylic acids is 2. The smallest absolute Gasteiger partial charge is 0.411 e.